The number of aromatic nitrogens is 5. The first-order valence-corrected chi connectivity index (χ1v) is 11.0. The maximum atomic E-state index is 14.3. The predicted octanol–water partition coefficient (Wildman–Crippen LogP) is 5.43. The smallest absolute Gasteiger partial charge is 0.433 e. The third-order valence-electron chi connectivity index (χ3n) is 5.92. The van der Waals surface area contributed by atoms with Gasteiger partial charge in [-0.05, 0) is 31.9 Å². The summed E-state index contributed by atoms with van der Waals surface area (Å²) in [7, 11) is 1.45. The summed E-state index contributed by atoms with van der Waals surface area (Å²) in [6.45, 7) is 1.58. The van der Waals surface area contributed by atoms with Crippen LogP contribution in [0.2, 0.25) is 5.02 Å². The lowest BCUT2D eigenvalue weighted by atomic mass is 9.77. The number of ether oxygens (including phenoxy) is 1. The highest BCUT2D eigenvalue weighted by Gasteiger charge is 2.47. The van der Waals surface area contributed by atoms with Crippen LogP contribution in [0, 0.1) is 0 Å². The van der Waals surface area contributed by atoms with Gasteiger partial charge in [0.15, 0.2) is 17.3 Å². The van der Waals surface area contributed by atoms with Crippen LogP contribution >= 0.6 is 11.6 Å². The lowest BCUT2D eigenvalue weighted by Gasteiger charge is -2.41. The molecule has 1 saturated carbocycles. The first-order chi connectivity index (χ1) is 16.6. The molecule has 8 nitrogen and oxygen atoms in total. The van der Waals surface area contributed by atoms with Crippen molar-refractivity contribution in [1.82, 2.24) is 24.9 Å². The van der Waals surface area contributed by atoms with E-state index in [2.05, 4.69) is 20.2 Å². The zero-order valence-corrected chi connectivity index (χ0v) is 19.3. The van der Waals surface area contributed by atoms with Crippen LogP contribution in [0.1, 0.15) is 31.5 Å². The summed E-state index contributed by atoms with van der Waals surface area (Å²) in [5, 5.41) is 18.4. The van der Waals surface area contributed by atoms with Crippen LogP contribution in [0.25, 0.3) is 34.0 Å². The summed E-state index contributed by atoms with van der Waals surface area (Å²) >= 11 is 6.49. The van der Waals surface area contributed by atoms with Crippen LogP contribution in [-0.4, -0.2) is 42.7 Å². The van der Waals surface area contributed by atoms with Gasteiger partial charge in [-0.1, -0.05) is 28.9 Å². The maximum absolute atomic E-state index is 14.3. The average molecular weight is 506 g/mol. The molecule has 182 valence electrons. The van der Waals surface area contributed by atoms with Crippen molar-refractivity contribution in [3.8, 4) is 39.7 Å². The number of aliphatic hydroxyl groups is 1. The van der Waals surface area contributed by atoms with Gasteiger partial charge in [0.1, 0.15) is 11.4 Å². The Labute approximate surface area is 202 Å². The van der Waals surface area contributed by atoms with Gasteiger partial charge in [-0.25, -0.2) is 9.97 Å². The number of hydrogen-bond acceptors (Lipinski definition) is 7. The molecule has 0 spiro atoms. The van der Waals surface area contributed by atoms with Gasteiger partial charge < -0.3 is 14.4 Å². The minimum Gasteiger partial charge on any atom is -0.495 e. The van der Waals surface area contributed by atoms with Crippen LogP contribution < -0.4 is 4.74 Å². The Bertz CT molecular complexity index is 1380. The number of benzene rings is 1. The first kappa shape index (κ1) is 23.3. The fraction of sp³-hybridized carbons (Fsp3) is 0.304. The Kier molecular flexibility index (Phi) is 5.56. The second-order valence-corrected chi connectivity index (χ2v) is 8.92. The molecule has 1 aromatic carbocycles. The van der Waals surface area contributed by atoms with Crippen LogP contribution in [0.3, 0.4) is 0 Å². The minimum absolute atomic E-state index is 0.102. The van der Waals surface area contributed by atoms with E-state index in [1.54, 1.807) is 31.2 Å². The average Bonchev–Trinajstić information content (AvgIpc) is 3.42. The van der Waals surface area contributed by atoms with Gasteiger partial charge in [0.2, 0.25) is 0 Å². The molecule has 0 amide bonds. The van der Waals surface area contributed by atoms with Crippen molar-refractivity contribution in [2.45, 2.75) is 37.6 Å². The van der Waals surface area contributed by atoms with Crippen LogP contribution in [0.15, 0.2) is 47.4 Å². The molecular formula is C23H19ClF3N5O3. The number of hydrogen-bond donors (Lipinski definition) is 1. The van der Waals surface area contributed by atoms with Gasteiger partial charge in [-0.15, -0.1) is 0 Å². The molecule has 12 heteroatoms. The van der Waals surface area contributed by atoms with Crippen LogP contribution in [-0.2, 0) is 6.18 Å². The number of nitrogens with zero attached hydrogens (tertiary/aromatic N) is 5. The fourth-order valence-corrected chi connectivity index (χ4v) is 4.65. The van der Waals surface area contributed by atoms with Gasteiger partial charge in [0.25, 0.3) is 0 Å². The Hall–Kier alpha value is -3.44. The molecule has 5 rings (SSSR count). The molecule has 35 heavy (non-hydrogen) atoms. The molecule has 0 atom stereocenters. The highest BCUT2D eigenvalue weighted by atomic mass is 35.5. The first-order valence-electron chi connectivity index (χ1n) is 10.6. The molecule has 0 radical (unpaired) electrons. The maximum Gasteiger partial charge on any atom is 0.433 e. The predicted molar refractivity (Wildman–Crippen MR) is 120 cm³/mol. The topological polar surface area (TPSA) is 99.1 Å². The molecule has 0 bridgehead atoms. The van der Waals surface area contributed by atoms with E-state index >= 15 is 0 Å². The summed E-state index contributed by atoms with van der Waals surface area (Å²) in [5.74, 6) is 0.259. The molecule has 0 aliphatic heterocycles. The third-order valence-corrected chi connectivity index (χ3v) is 6.31. The standard InChI is InChI=1S/C23H19ClF3N5O3/c1-22(33)9-12(10-22)32-20(23(25,26)27)14(11-30-32)19-16(21-28-7-4-8-29-21)18(31-35-19)13-5-3-6-15(34-2)17(13)24/h3-8,11-12,33H,9-10H2,1-2H3/t12-,22+. The molecule has 0 unspecified atom stereocenters. The number of methoxy groups -OCH3 is 1. The van der Waals surface area contributed by atoms with E-state index in [9.17, 15) is 18.3 Å². The highest BCUT2D eigenvalue weighted by molar-refractivity contribution is 6.35. The Morgan fingerprint density at radius 1 is 1.17 bits per heavy atom. The minimum atomic E-state index is -4.76. The van der Waals surface area contributed by atoms with Crippen molar-refractivity contribution >= 4 is 11.6 Å². The summed E-state index contributed by atoms with van der Waals surface area (Å²) in [4.78, 5) is 8.44. The van der Waals surface area contributed by atoms with E-state index < -0.39 is 23.5 Å². The second kappa shape index (κ2) is 8.35. The molecule has 1 N–H and O–H groups in total. The van der Waals surface area contributed by atoms with E-state index in [4.69, 9.17) is 20.9 Å². The summed E-state index contributed by atoms with van der Waals surface area (Å²) in [6, 6.07) is 5.93. The largest absolute Gasteiger partial charge is 0.495 e. The third kappa shape index (κ3) is 4.04. The van der Waals surface area contributed by atoms with E-state index in [0.717, 1.165) is 10.9 Å². The molecule has 4 aromatic rings. The molecule has 1 aliphatic rings. The monoisotopic (exact) mass is 505 g/mol. The van der Waals surface area contributed by atoms with Crippen molar-refractivity contribution < 1.29 is 27.5 Å². The van der Waals surface area contributed by atoms with Crippen molar-refractivity contribution in [1.29, 1.82) is 0 Å². The van der Waals surface area contributed by atoms with Crippen LogP contribution in [0.4, 0.5) is 13.2 Å². The summed E-state index contributed by atoms with van der Waals surface area (Å²) < 4.78 is 54.6. The van der Waals surface area contributed by atoms with E-state index in [-0.39, 0.29) is 46.3 Å². The van der Waals surface area contributed by atoms with E-state index in [1.807, 2.05) is 0 Å². The number of halogens is 4. The molecule has 0 saturated heterocycles. The van der Waals surface area contributed by atoms with E-state index in [0.29, 0.717) is 11.3 Å². The van der Waals surface area contributed by atoms with Crippen molar-refractivity contribution in [2.24, 2.45) is 0 Å². The lowest BCUT2D eigenvalue weighted by Crippen LogP contribution is -2.43. The summed E-state index contributed by atoms with van der Waals surface area (Å²) in [6.07, 6.45) is -0.469. The molecule has 1 fully saturated rings. The molecule has 3 aromatic heterocycles. The van der Waals surface area contributed by atoms with Gasteiger partial charge >= 0.3 is 6.18 Å². The molecule has 3 heterocycles. The second-order valence-electron chi connectivity index (χ2n) is 8.54. The Morgan fingerprint density at radius 3 is 2.51 bits per heavy atom. The van der Waals surface area contributed by atoms with Gasteiger partial charge in [-0.2, -0.15) is 18.3 Å². The van der Waals surface area contributed by atoms with Crippen molar-refractivity contribution in [3.05, 3.63) is 53.6 Å². The number of alkyl halides is 3. The highest BCUT2D eigenvalue weighted by Crippen LogP contribution is 2.49. The zero-order valence-electron chi connectivity index (χ0n) is 18.5. The van der Waals surface area contributed by atoms with Crippen molar-refractivity contribution in [2.75, 3.05) is 7.11 Å². The van der Waals surface area contributed by atoms with E-state index in [1.165, 1.54) is 19.5 Å². The van der Waals surface area contributed by atoms with Gasteiger partial charge in [-0.3, -0.25) is 4.68 Å². The lowest BCUT2D eigenvalue weighted by molar-refractivity contribution is -0.148. The number of rotatable bonds is 5. The normalized spacial score (nSPS) is 20.0. The quantitative estimate of drug-likeness (QED) is 0.386. The van der Waals surface area contributed by atoms with Gasteiger partial charge in [0.05, 0.1) is 41.1 Å². The van der Waals surface area contributed by atoms with Crippen LogP contribution in [0.5, 0.6) is 5.75 Å². The SMILES string of the molecule is COc1cccc(-c2noc(-c3cnn([C@H]4C[C@@](C)(O)C4)c3C(F)(F)F)c2-c2ncccn2)c1Cl. The zero-order chi connectivity index (χ0) is 25.0. The molecular weight excluding hydrogens is 487 g/mol. The van der Waals surface area contributed by atoms with Crippen molar-refractivity contribution in [3.63, 3.8) is 0 Å². The summed E-state index contributed by atoms with van der Waals surface area (Å²) in [5.41, 5.74) is -1.70. The molecule has 1 aliphatic carbocycles. The fourth-order valence-electron chi connectivity index (χ4n) is 4.36. The van der Waals surface area contributed by atoms with Gasteiger partial charge in [0, 0.05) is 18.0 Å². The Morgan fingerprint density at radius 2 is 1.89 bits per heavy atom. The Balaban J connectivity index is 1.74.